The third-order valence-corrected chi connectivity index (χ3v) is 12.0. The van der Waals surface area contributed by atoms with Crippen molar-refractivity contribution in [3.05, 3.63) is 0 Å². The van der Waals surface area contributed by atoms with Gasteiger partial charge in [-0.25, -0.2) is 9.34 Å². The number of hydrogen-bond donors (Lipinski definition) is 0. The van der Waals surface area contributed by atoms with Gasteiger partial charge in [0.15, 0.2) is 7.51 Å². The van der Waals surface area contributed by atoms with Gasteiger partial charge in [0.1, 0.15) is 0 Å². The molecule has 4 nitrogen and oxygen atoms in total. The van der Waals surface area contributed by atoms with Crippen molar-refractivity contribution in [2.45, 2.75) is 163 Å². The van der Waals surface area contributed by atoms with Crippen LogP contribution in [-0.4, -0.2) is 59.3 Å². The first-order chi connectivity index (χ1) is 16.7. The van der Waals surface area contributed by atoms with E-state index in [1.165, 1.54) is 89.9 Å². The van der Waals surface area contributed by atoms with Crippen molar-refractivity contribution in [3.63, 3.8) is 0 Å². The highest BCUT2D eigenvalue weighted by molar-refractivity contribution is 7.59. The first-order valence-corrected chi connectivity index (χ1v) is 17.1. The molecule has 0 aromatic carbocycles. The highest BCUT2D eigenvalue weighted by Crippen LogP contribution is 2.67. The molecule has 0 saturated carbocycles. The van der Waals surface area contributed by atoms with E-state index in [1.54, 1.807) is 0 Å². The highest BCUT2D eigenvalue weighted by atomic mass is 31.2. The zero-order valence-electron chi connectivity index (χ0n) is 26.3. The van der Waals surface area contributed by atoms with Gasteiger partial charge in [0.05, 0.1) is 0 Å². The Kier molecular flexibility index (Phi) is 18.4. The maximum atomic E-state index is 5.84. The summed E-state index contributed by atoms with van der Waals surface area (Å²) >= 11 is 0. The molecule has 0 amide bonds. The Bertz CT molecular complexity index is 515. The average Bonchev–Trinajstić information content (AvgIpc) is 2.80. The predicted molar refractivity (Wildman–Crippen MR) is 162 cm³/mol. The topological polar surface area (TPSA) is 22.1 Å². The second-order valence-corrected chi connectivity index (χ2v) is 14.5. The van der Waals surface area contributed by atoms with Crippen molar-refractivity contribution in [2.75, 3.05) is 34.2 Å². The molecule has 0 aliphatic heterocycles. The van der Waals surface area contributed by atoms with Gasteiger partial charge < -0.3 is 0 Å². The smallest absolute Gasteiger partial charge is 0.168 e. The molecule has 1 unspecified atom stereocenters. The first kappa shape index (κ1) is 35.1. The van der Waals surface area contributed by atoms with Crippen molar-refractivity contribution in [1.29, 1.82) is 0 Å². The summed E-state index contributed by atoms with van der Waals surface area (Å²) in [7, 11) is 5.01. The van der Waals surface area contributed by atoms with Gasteiger partial charge in [-0.05, 0) is 72.5 Å². The largest absolute Gasteiger partial charge is 0.261 e. The maximum Gasteiger partial charge on any atom is 0.168 e. The van der Waals surface area contributed by atoms with Gasteiger partial charge in [0.2, 0.25) is 0 Å². The van der Waals surface area contributed by atoms with Crippen LogP contribution in [0.2, 0.25) is 0 Å². The Morgan fingerprint density at radius 2 is 0.914 bits per heavy atom. The van der Waals surface area contributed by atoms with Crippen molar-refractivity contribution in [3.8, 4) is 0 Å². The van der Waals surface area contributed by atoms with Crippen LogP contribution in [0.15, 0.2) is 4.74 Å². The molecule has 35 heavy (non-hydrogen) atoms. The normalized spacial score (nSPS) is 14.8. The molecule has 212 valence electrons. The number of rotatable bonds is 22. The first-order valence-electron chi connectivity index (χ1n) is 15.5. The van der Waals surface area contributed by atoms with E-state index in [-0.39, 0.29) is 11.1 Å². The summed E-state index contributed by atoms with van der Waals surface area (Å²) < 4.78 is 14.4. The Morgan fingerprint density at radius 3 is 1.17 bits per heavy atom. The van der Waals surface area contributed by atoms with E-state index in [0.717, 1.165) is 19.5 Å². The molecule has 0 bridgehead atoms. The molecule has 0 saturated heterocycles. The lowest BCUT2D eigenvalue weighted by Gasteiger charge is -2.63. The molecule has 0 aromatic rings. The van der Waals surface area contributed by atoms with Crippen LogP contribution in [0.3, 0.4) is 0 Å². The second-order valence-electron chi connectivity index (χ2n) is 11.2. The molecule has 1 atom stereocenters. The van der Waals surface area contributed by atoms with E-state index < -0.39 is 7.51 Å². The summed E-state index contributed by atoms with van der Waals surface area (Å²) in [5.41, 5.74) is 0.404. The molecule has 0 aromatic heterocycles. The Labute approximate surface area is 223 Å². The standard InChI is InChI=1S/C30H67N4P/c1-12-20-28-33(11)35(32(9)10,31-27-19-8)34(29(21-13-2,22-14-3)23-15-4)30(24-16-5,25-17-6)26-18-7/h12-28H2,1-11H3. The molecule has 0 aliphatic carbocycles. The third kappa shape index (κ3) is 8.83. The quantitative estimate of drug-likeness (QED) is 0.134. The zero-order chi connectivity index (χ0) is 27.0. The summed E-state index contributed by atoms with van der Waals surface area (Å²) in [5.74, 6) is 0. The van der Waals surface area contributed by atoms with E-state index in [2.05, 4.69) is 90.5 Å². The van der Waals surface area contributed by atoms with Crippen LogP contribution in [0.1, 0.15) is 152 Å². The zero-order valence-corrected chi connectivity index (χ0v) is 27.2. The highest BCUT2D eigenvalue weighted by Gasteiger charge is 2.54. The van der Waals surface area contributed by atoms with Crippen LogP contribution in [0.4, 0.5) is 0 Å². The summed E-state index contributed by atoms with van der Waals surface area (Å²) in [5, 5.41) is 0. The fraction of sp³-hybridized carbons (Fsp3) is 1.00. The van der Waals surface area contributed by atoms with Crippen LogP contribution < -0.4 is 0 Å². The van der Waals surface area contributed by atoms with Crippen molar-refractivity contribution >= 4 is 7.51 Å². The molecule has 0 rings (SSSR count). The number of hydrogen-bond acceptors (Lipinski definition) is 1. The second kappa shape index (κ2) is 18.4. The summed E-state index contributed by atoms with van der Waals surface area (Å²) in [6.07, 6.45) is 18.8. The molecule has 0 N–H and O–H groups in total. The van der Waals surface area contributed by atoms with E-state index in [9.17, 15) is 0 Å². The SMILES string of the molecule is CCCCN(C)P(=NCCC)(N(C)C)N(C(CCC)(CCC)CCC)C(CCC)(CCC)CCC. The molecular formula is C30H67N4P. The van der Waals surface area contributed by atoms with Gasteiger partial charge in [0.25, 0.3) is 0 Å². The summed E-state index contributed by atoms with van der Waals surface area (Å²) in [6, 6.07) is 0. The average molecular weight is 515 g/mol. The molecule has 0 aliphatic rings. The predicted octanol–water partition coefficient (Wildman–Crippen LogP) is 10.2. The van der Waals surface area contributed by atoms with Gasteiger partial charge in [0, 0.05) is 24.2 Å². The molecule has 0 spiro atoms. The lowest BCUT2D eigenvalue weighted by atomic mass is 9.76. The maximum absolute atomic E-state index is 5.84. The molecule has 5 heteroatoms. The van der Waals surface area contributed by atoms with Crippen molar-refractivity contribution < 1.29 is 0 Å². The molecular weight excluding hydrogens is 447 g/mol. The number of unbranched alkanes of at least 4 members (excludes halogenated alkanes) is 1. The van der Waals surface area contributed by atoms with Gasteiger partial charge in [-0.3, -0.25) is 9.42 Å². The minimum absolute atomic E-state index is 0.202. The van der Waals surface area contributed by atoms with Gasteiger partial charge in [-0.2, -0.15) is 0 Å². The van der Waals surface area contributed by atoms with Crippen molar-refractivity contribution in [1.82, 2.24) is 14.0 Å². The van der Waals surface area contributed by atoms with Gasteiger partial charge in [-0.1, -0.05) is 100 Å². The fourth-order valence-electron chi connectivity index (χ4n) is 6.94. The van der Waals surface area contributed by atoms with Crippen LogP contribution in [-0.2, 0) is 0 Å². The van der Waals surface area contributed by atoms with Crippen LogP contribution in [0, 0.1) is 0 Å². The lowest BCUT2D eigenvalue weighted by Crippen LogP contribution is -2.62. The third-order valence-electron chi connectivity index (χ3n) is 7.80. The molecule has 0 radical (unpaired) electrons. The minimum Gasteiger partial charge on any atom is -0.261 e. The van der Waals surface area contributed by atoms with E-state index in [4.69, 9.17) is 4.74 Å². The summed E-state index contributed by atoms with van der Waals surface area (Å²) in [4.78, 5) is 0. The fourth-order valence-corrected chi connectivity index (χ4v) is 11.4. The Hall–Kier alpha value is 0.110. The van der Waals surface area contributed by atoms with E-state index in [1.807, 2.05) is 0 Å². The summed E-state index contributed by atoms with van der Waals surface area (Å²) in [6.45, 7) is 21.2. The molecule has 0 heterocycles. The molecule has 0 fully saturated rings. The van der Waals surface area contributed by atoms with E-state index >= 15 is 0 Å². The Morgan fingerprint density at radius 1 is 0.543 bits per heavy atom. The van der Waals surface area contributed by atoms with Crippen LogP contribution in [0.5, 0.6) is 0 Å². The Balaban J connectivity index is 7.84. The monoisotopic (exact) mass is 515 g/mol. The van der Waals surface area contributed by atoms with E-state index in [0.29, 0.717) is 0 Å². The van der Waals surface area contributed by atoms with Gasteiger partial charge in [-0.15, -0.1) is 0 Å². The van der Waals surface area contributed by atoms with Crippen LogP contribution >= 0.6 is 7.51 Å². The minimum atomic E-state index is -2.11. The van der Waals surface area contributed by atoms with Gasteiger partial charge >= 0.3 is 0 Å². The lowest BCUT2D eigenvalue weighted by molar-refractivity contribution is 0.0107. The number of nitrogens with zero attached hydrogens (tertiary/aromatic N) is 4. The van der Waals surface area contributed by atoms with Crippen molar-refractivity contribution in [2.24, 2.45) is 4.74 Å². The van der Waals surface area contributed by atoms with Crippen LogP contribution in [0.25, 0.3) is 0 Å².